The lowest BCUT2D eigenvalue weighted by Crippen LogP contribution is -1.96. The van der Waals surface area contributed by atoms with E-state index in [4.69, 9.17) is 11.6 Å². The summed E-state index contributed by atoms with van der Waals surface area (Å²) >= 11 is 6.18. The van der Waals surface area contributed by atoms with Gasteiger partial charge in [-0.05, 0) is 24.5 Å². The molecule has 3 rings (SSSR count). The first-order valence-corrected chi connectivity index (χ1v) is 5.91. The lowest BCUT2D eigenvalue weighted by molar-refractivity contribution is 1.04. The highest BCUT2D eigenvalue weighted by Crippen LogP contribution is 2.34. The quantitative estimate of drug-likeness (QED) is 0.766. The summed E-state index contributed by atoms with van der Waals surface area (Å²) in [4.78, 5) is 8.54. The van der Waals surface area contributed by atoms with Crippen LogP contribution in [0.2, 0.25) is 5.02 Å². The van der Waals surface area contributed by atoms with Crippen molar-refractivity contribution in [1.82, 2.24) is 9.97 Å². The third kappa shape index (κ3) is 1.75. The van der Waals surface area contributed by atoms with Crippen LogP contribution in [-0.2, 0) is 6.42 Å². The van der Waals surface area contributed by atoms with E-state index < -0.39 is 0 Å². The third-order valence-corrected chi connectivity index (χ3v) is 3.23. The van der Waals surface area contributed by atoms with Gasteiger partial charge in [-0.1, -0.05) is 41.9 Å². The lowest BCUT2D eigenvalue weighted by atomic mass is 10.0. The van der Waals surface area contributed by atoms with Crippen molar-refractivity contribution in [2.45, 2.75) is 13.3 Å². The number of allylic oxidation sites excluding steroid dienone is 1. The maximum absolute atomic E-state index is 6.18. The topological polar surface area (TPSA) is 25.8 Å². The first-order valence-electron chi connectivity index (χ1n) is 5.53. The fourth-order valence-corrected chi connectivity index (χ4v) is 2.34. The number of aryl methyl sites for hydroxylation is 1. The number of hydrogen-bond donors (Lipinski definition) is 0. The molecule has 0 amide bonds. The van der Waals surface area contributed by atoms with Crippen LogP contribution in [0.25, 0.3) is 5.57 Å². The molecule has 0 N–H and O–H groups in total. The number of fused-ring (bicyclic) bond motifs is 1. The van der Waals surface area contributed by atoms with Gasteiger partial charge in [-0.15, -0.1) is 0 Å². The number of halogens is 1. The maximum atomic E-state index is 6.18. The summed E-state index contributed by atoms with van der Waals surface area (Å²) in [5.41, 5.74) is 4.52. The van der Waals surface area contributed by atoms with E-state index in [1.807, 2.05) is 13.0 Å². The average Bonchev–Trinajstić information content (AvgIpc) is 2.76. The molecule has 1 aromatic heterocycles. The van der Waals surface area contributed by atoms with Gasteiger partial charge < -0.3 is 0 Å². The first kappa shape index (κ1) is 10.5. The van der Waals surface area contributed by atoms with Crippen LogP contribution in [0.5, 0.6) is 0 Å². The Kier molecular flexibility index (Phi) is 2.45. The highest BCUT2D eigenvalue weighted by Gasteiger charge is 2.18. The van der Waals surface area contributed by atoms with Crippen molar-refractivity contribution in [3.8, 4) is 0 Å². The summed E-state index contributed by atoms with van der Waals surface area (Å²) in [6.45, 7) is 1.88. The third-order valence-electron chi connectivity index (χ3n) is 2.95. The predicted octanol–water partition coefficient (Wildman–Crippen LogP) is 3.43. The van der Waals surface area contributed by atoms with Gasteiger partial charge in [0.05, 0.1) is 10.7 Å². The van der Waals surface area contributed by atoms with Gasteiger partial charge >= 0.3 is 0 Å². The van der Waals surface area contributed by atoms with Gasteiger partial charge in [0.1, 0.15) is 5.82 Å². The van der Waals surface area contributed by atoms with Gasteiger partial charge in [-0.3, -0.25) is 0 Å². The van der Waals surface area contributed by atoms with Crippen molar-refractivity contribution >= 4 is 17.2 Å². The van der Waals surface area contributed by atoms with E-state index >= 15 is 0 Å². The molecule has 2 nitrogen and oxygen atoms in total. The highest BCUT2D eigenvalue weighted by atomic mass is 35.5. The van der Waals surface area contributed by atoms with Gasteiger partial charge in [0.2, 0.25) is 0 Å². The molecule has 0 atom stereocenters. The number of benzene rings is 1. The lowest BCUT2D eigenvalue weighted by Gasteiger charge is -2.07. The SMILES string of the molecule is Cc1ncc(Cl)c(C2=CCc3ccccc32)n1. The summed E-state index contributed by atoms with van der Waals surface area (Å²) in [6, 6.07) is 8.35. The van der Waals surface area contributed by atoms with Crippen molar-refractivity contribution in [1.29, 1.82) is 0 Å². The Balaban J connectivity index is 2.16. The predicted molar refractivity (Wildman–Crippen MR) is 69.0 cm³/mol. The normalized spacial score (nSPS) is 13.4. The van der Waals surface area contributed by atoms with E-state index in [-0.39, 0.29) is 0 Å². The van der Waals surface area contributed by atoms with E-state index in [0.717, 1.165) is 23.5 Å². The van der Waals surface area contributed by atoms with Gasteiger partial charge in [0.15, 0.2) is 0 Å². The van der Waals surface area contributed by atoms with Gasteiger partial charge in [0, 0.05) is 11.8 Å². The zero-order chi connectivity index (χ0) is 11.8. The van der Waals surface area contributed by atoms with Crippen molar-refractivity contribution in [3.05, 3.63) is 64.2 Å². The second-order valence-electron chi connectivity index (χ2n) is 4.09. The van der Waals surface area contributed by atoms with Crippen molar-refractivity contribution in [2.75, 3.05) is 0 Å². The van der Waals surface area contributed by atoms with E-state index in [2.05, 4.69) is 34.2 Å². The molecule has 3 heteroatoms. The summed E-state index contributed by atoms with van der Waals surface area (Å²) in [7, 11) is 0. The summed E-state index contributed by atoms with van der Waals surface area (Å²) < 4.78 is 0. The van der Waals surface area contributed by atoms with Crippen LogP contribution in [0.3, 0.4) is 0 Å². The maximum Gasteiger partial charge on any atom is 0.125 e. The Labute approximate surface area is 105 Å². The standard InChI is InChI=1S/C14H11ClN2/c1-9-16-8-13(15)14(17-9)12-7-6-10-4-2-3-5-11(10)12/h2-5,7-8H,6H2,1H3. The summed E-state index contributed by atoms with van der Waals surface area (Å²) in [6.07, 6.45) is 4.80. The van der Waals surface area contributed by atoms with Crippen LogP contribution in [0.15, 0.2) is 36.5 Å². The van der Waals surface area contributed by atoms with E-state index in [0.29, 0.717) is 5.02 Å². The van der Waals surface area contributed by atoms with Crippen LogP contribution < -0.4 is 0 Å². The smallest absolute Gasteiger partial charge is 0.125 e. The molecular weight excluding hydrogens is 232 g/mol. The van der Waals surface area contributed by atoms with Crippen LogP contribution in [0, 0.1) is 6.92 Å². The number of hydrogen-bond acceptors (Lipinski definition) is 2. The Morgan fingerprint density at radius 1 is 1.24 bits per heavy atom. The molecule has 0 saturated heterocycles. The average molecular weight is 243 g/mol. The highest BCUT2D eigenvalue weighted by molar-refractivity contribution is 6.32. The minimum Gasteiger partial charge on any atom is -0.240 e. The van der Waals surface area contributed by atoms with Crippen molar-refractivity contribution in [2.24, 2.45) is 0 Å². The van der Waals surface area contributed by atoms with Crippen LogP contribution in [0.4, 0.5) is 0 Å². The minimum absolute atomic E-state index is 0.610. The molecule has 0 spiro atoms. The molecule has 0 unspecified atom stereocenters. The van der Waals surface area contributed by atoms with Gasteiger partial charge in [0.25, 0.3) is 0 Å². The molecule has 17 heavy (non-hydrogen) atoms. The molecule has 1 heterocycles. The summed E-state index contributed by atoms with van der Waals surface area (Å²) in [5, 5.41) is 0.610. The molecule has 0 fully saturated rings. The van der Waals surface area contributed by atoms with Gasteiger partial charge in [-0.25, -0.2) is 9.97 Å². The van der Waals surface area contributed by atoms with Crippen LogP contribution >= 0.6 is 11.6 Å². The molecule has 0 radical (unpaired) electrons. The van der Waals surface area contributed by atoms with E-state index in [9.17, 15) is 0 Å². The second kappa shape index (κ2) is 3.97. The molecule has 1 aromatic carbocycles. The van der Waals surface area contributed by atoms with E-state index in [1.165, 1.54) is 11.1 Å². The van der Waals surface area contributed by atoms with Gasteiger partial charge in [-0.2, -0.15) is 0 Å². The van der Waals surface area contributed by atoms with Crippen molar-refractivity contribution < 1.29 is 0 Å². The largest absolute Gasteiger partial charge is 0.240 e. The monoisotopic (exact) mass is 242 g/mol. The van der Waals surface area contributed by atoms with Crippen molar-refractivity contribution in [3.63, 3.8) is 0 Å². The Morgan fingerprint density at radius 2 is 2.06 bits per heavy atom. The minimum atomic E-state index is 0.610. The van der Waals surface area contributed by atoms with E-state index in [1.54, 1.807) is 6.20 Å². The Morgan fingerprint density at radius 3 is 2.94 bits per heavy atom. The number of nitrogens with zero attached hydrogens (tertiary/aromatic N) is 2. The first-order chi connectivity index (χ1) is 8.25. The fourth-order valence-electron chi connectivity index (χ4n) is 2.15. The molecule has 1 aliphatic carbocycles. The molecule has 84 valence electrons. The molecule has 2 aromatic rings. The second-order valence-corrected chi connectivity index (χ2v) is 4.50. The summed E-state index contributed by atoms with van der Waals surface area (Å²) in [5.74, 6) is 0.745. The molecule has 1 aliphatic rings. The van der Waals surface area contributed by atoms with Crippen LogP contribution in [0.1, 0.15) is 22.6 Å². The molecule has 0 bridgehead atoms. The zero-order valence-corrected chi connectivity index (χ0v) is 10.2. The zero-order valence-electron chi connectivity index (χ0n) is 9.44. The molecular formula is C14H11ClN2. The Hall–Kier alpha value is -1.67. The number of rotatable bonds is 1. The molecule has 0 saturated carbocycles. The molecule has 0 aliphatic heterocycles. The van der Waals surface area contributed by atoms with Crippen LogP contribution in [-0.4, -0.2) is 9.97 Å². The fraction of sp³-hybridized carbons (Fsp3) is 0.143. The Bertz CT molecular complexity index is 617. The number of aromatic nitrogens is 2.